The molecule has 114 valence electrons. The first-order chi connectivity index (χ1) is 10.5. The number of aromatic carboxylic acids is 1. The summed E-state index contributed by atoms with van der Waals surface area (Å²) in [5, 5.41) is 17.6. The second kappa shape index (κ2) is 5.29. The van der Waals surface area contributed by atoms with Crippen LogP contribution >= 0.6 is 0 Å². The predicted octanol–water partition coefficient (Wildman–Crippen LogP) is 2.41. The van der Waals surface area contributed by atoms with E-state index < -0.39 is 5.97 Å². The summed E-state index contributed by atoms with van der Waals surface area (Å²) >= 11 is 0. The van der Waals surface area contributed by atoms with Crippen molar-refractivity contribution in [1.82, 2.24) is 10.2 Å². The minimum absolute atomic E-state index is 0.0288. The van der Waals surface area contributed by atoms with Crippen LogP contribution in [0.15, 0.2) is 36.4 Å². The van der Waals surface area contributed by atoms with Gasteiger partial charge in [-0.25, -0.2) is 4.79 Å². The Morgan fingerprint density at radius 2 is 2.00 bits per heavy atom. The van der Waals surface area contributed by atoms with Gasteiger partial charge in [0.25, 0.3) is 0 Å². The number of carbonyl (C=O) groups is 2. The Balaban J connectivity index is 1.60. The lowest BCUT2D eigenvalue weighted by atomic mass is 9.59. The maximum absolute atomic E-state index is 12.2. The molecule has 0 radical (unpaired) electrons. The molecule has 1 amide bonds. The van der Waals surface area contributed by atoms with Gasteiger partial charge in [0.05, 0.1) is 0 Å². The first-order valence-corrected chi connectivity index (χ1v) is 7.13. The number of anilines is 1. The number of carboxylic acids is 1. The van der Waals surface area contributed by atoms with Gasteiger partial charge in [0.2, 0.25) is 5.91 Å². The lowest BCUT2D eigenvalue weighted by Gasteiger charge is -2.44. The van der Waals surface area contributed by atoms with Crippen molar-refractivity contribution in [3.05, 3.63) is 47.7 Å². The Kier molecular flexibility index (Phi) is 3.44. The quantitative estimate of drug-likeness (QED) is 0.808. The van der Waals surface area contributed by atoms with E-state index >= 15 is 0 Å². The molecule has 0 bridgehead atoms. The molecule has 0 aliphatic heterocycles. The zero-order chi connectivity index (χ0) is 15.7. The van der Waals surface area contributed by atoms with Crippen molar-refractivity contribution in [3.63, 3.8) is 0 Å². The number of nitrogens with one attached hydrogen (secondary N) is 2. The highest BCUT2D eigenvalue weighted by molar-refractivity contribution is 5.94. The van der Waals surface area contributed by atoms with Crippen LogP contribution in [0.3, 0.4) is 0 Å². The Bertz CT molecular complexity index is 702. The monoisotopic (exact) mass is 299 g/mol. The van der Waals surface area contributed by atoms with Gasteiger partial charge >= 0.3 is 5.97 Å². The van der Waals surface area contributed by atoms with Crippen molar-refractivity contribution in [2.45, 2.75) is 25.2 Å². The third kappa shape index (κ3) is 2.59. The molecular weight excluding hydrogens is 282 g/mol. The smallest absolute Gasteiger partial charge is 0.353 e. The van der Waals surface area contributed by atoms with Gasteiger partial charge in [0, 0.05) is 12.0 Å². The SMILES string of the molecule is CC1(c2ccccc2)CC(C(=O)Nc2cc(C(=O)O)[nH]n2)C1. The van der Waals surface area contributed by atoms with Crippen LogP contribution in [0.2, 0.25) is 0 Å². The minimum atomic E-state index is -1.10. The molecule has 6 heteroatoms. The second-order valence-electron chi connectivity index (χ2n) is 5.99. The van der Waals surface area contributed by atoms with Crippen molar-refractivity contribution in [3.8, 4) is 0 Å². The van der Waals surface area contributed by atoms with Crippen LogP contribution < -0.4 is 5.32 Å². The summed E-state index contributed by atoms with van der Waals surface area (Å²) in [4.78, 5) is 22.9. The van der Waals surface area contributed by atoms with Gasteiger partial charge in [-0.1, -0.05) is 37.3 Å². The molecule has 1 aromatic heterocycles. The van der Waals surface area contributed by atoms with Crippen LogP contribution in [0, 0.1) is 5.92 Å². The van der Waals surface area contributed by atoms with E-state index in [9.17, 15) is 9.59 Å². The number of nitrogens with zero attached hydrogens (tertiary/aromatic N) is 1. The summed E-state index contributed by atoms with van der Waals surface area (Å²) in [6, 6.07) is 11.5. The molecule has 1 aliphatic rings. The van der Waals surface area contributed by atoms with E-state index in [1.807, 2.05) is 18.2 Å². The van der Waals surface area contributed by atoms with Crippen LogP contribution in [-0.4, -0.2) is 27.2 Å². The van der Waals surface area contributed by atoms with Gasteiger partial charge in [0.15, 0.2) is 5.82 Å². The van der Waals surface area contributed by atoms with Crippen LogP contribution in [-0.2, 0) is 10.2 Å². The van der Waals surface area contributed by atoms with E-state index in [-0.39, 0.29) is 28.8 Å². The fourth-order valence-corrected chi connectivity index (χ4v) is 3.01. The van der Waals surface area contributed by atoms with Crippen molar-refractivity contribution >= 4 is 17.7 Å². The number of carbonyl (C=O) groups excluding carboxylic acids is 1. The third-order valence-electron chi connectivity index (χ3n) is 4.29. The summed E-state index contributed by atoms with van der Waals surface area (Å²) in [7, 11) is 0. The summed E-state index contributed by atoms with van der Waals surface area (Å²) in [6.45, 7) is 2.16. The fourth-order valence-electron chi connectivity index (χ4n) is 3.01. The molecule has 0 spiro atoms. The third-order valence-corrected chi connectivity index (χ3v) is 4.29. The molecule has 3 N–H and O–H groups in total. The molecule has 0 atom stereocenters. The van der Waals surface area contributed by atoms with Gasteiger partial charge in [-0.2, -0.15) is 5.10 Å². The van der Waals surface area contributed by atoms with Crippen LogP contribution in [0.25, 0.3) is 0 Å². The molecule has 22 heavy (non-hydrogen) atoms. The Morgan fingerprint density at radius 1 is 1.32 bits per heavy atom. The van der Waals surface area contributed by atoms with E-state index in [1.165, 1.54) is 11.6 Å². The van der Waals surface area contributed by atoms with E-state index in [4.69, 9.17) is 5.11 Å². The van der Waals surface area contributed by atoms with Crippen molar-refractivity contribution in [2.75, 3.05) is 5.32 Å². The average molecular weight is 299 g/mol. The van der Waals surface area contributed by atoms with Gasteiger partial charge in [-0.3, -0.25) is 9.89 Å². The van der Waals surface area contributed by atoms with Crippen molar-refractivity contribution in [2.24, 2.45) is 5.92 Å². The molecule has 1 aromatic carbocycles. The number of carboxylic acid groups (broad SMARTS) is 1. The summed E-state index contributed by atoms with van der Waals surface area (Å²) < 4.78 is 0. The lowest BCUT2D eigenvalue weighted by molar-refractivity contribution is -0.124. The molecule has 0 saturated heterocycles. The number of aromatic amines is 1. The Hall–Kier alpha value is -2.63. The van der Waals surface area contributed by atoms with Gasteiger partial charge < -0.3 is 10.4 Å². The van der Waals surface area contributed by atoms with Crippen LogP contribution in [0.5, 0.6) is 0 Å². The molecule has 1 saturated carbocycles. The number of hydrogen-bond donors (Lipinski definition) is 3. The van der Waals surface area contributed by atoms with Gasteiger partial charge in [-0.15, -0.1) is 0 Å². The molecule has 6 nitrogen and oxygen atoms in total. The molecular formula is C16H17N3O3. The zero-order valence-corrected chi connectivity index (χ0v) is 12.2. The first-order valence-electron chi connectivity index (χ1n) is 7.13. The highest BCUT2D eigenvalue weighted by Gasteiger charge is 2.44. The first kappa shape index (κ1) is 14.3. The molecule has 1 aliphatic carbocycles. The highest BCUT2D eigenvalue weighted by atomic mass is 16.4. The van der Waals surface area contributed by atoms with Crippen LogP contribution in [0.4, 0.5) is 5.82 Å². The van der Waals surface area contributed by atoms with Crippen LogP contribution in [0.1, 0.15) is 35.8 Å². The molecule has 0 unspecified atom stereocenters. The highest BCUT2D eigenvalue weighted by Crippen LogP contribution is 2.47. The molecule has 2 aromatic rings. The maximum Gasteiger partial charge on any atom is 0.353 e. The standard InChI is InChI=1S/C16H17N3O3/c1-16(11-5-3-2-4-6-11)8-10(9-16)14(20)17-13-7-12(15(21)22)18-19-13/h2-7,10H,8-9H2,1H3,(H,21,22)(H2,17,18,19,20). The second-order valence-corrected chi connectivity index (χ2v) is 5.99. The van der Waals surface area contributed by atoms with E-state index in [2.05, 4.69) is 34.6 Å². The number of hydrogen-bond acceptors (Lipinski definition) is 3. The lowest BCUT2D eigenvalue weighted by Crippen LogP contribution is -2.44. The number of aromatic nitrogens is 2. The average Bonchev–Trinajstić information content (AvgIpc) is 2.93. The predicted molar refractivity (Wildman–Crippen MR) is 80.7 cm³/mol. The van der Waals surface area contributed by atoms with Crippen molar-refractivity contribution in [1.29, 1.82) is 0 Å². The largest absolute Gasteiger partial charge is 0.477 e. The van der Waals surface area contributed by atoms with Gasteiger partial charge in [0.1, 0.15) is 5.69 Å². The number of amides is 1. The normalized spacial score (nSPS) is 23.6. The number of rotatable bonds is 4. The zero-order valence-electron chi connectivity index (χ0n) is 12.2. The van der Waals surface area contributed by atoms with Crippen molar-refractivity contribution < 1.29 is 14.7 Å². The van der Waals surface area contributed by atoms with Gasteiger partial charge in [-0.05, 0) is 23.8 Å². The topological polar surface area (TPSA) is 95.1 Å². The van der Waals surface area contributed by atoms with E-state index in [0.29, 0.717) is 0 Å². The molecule has 1 heterocycles. The van der Waals surface area contributed by atoms with E-state index in [0.717, 1.165) is 12.8 Å². The minimum Gasteiger partial charge on any atom is -0.477 e. The molecule has 1 fully saturated rings. The summed E-state index contributed by atoms with van der Waals surface area (Å²) in [5.74, 6) is -1.05. The summed E-state index contributed by atoms with van der Waals surface area (Å²) in [5.41, 5.74) is 1.23. The Labute approximate surface area is 127 Å². The maximum atomic E-state index is 12.2. The fraction of sp³-hybridized carbons (Fsp3) is 0.312. The Morgan fingerprint density at radius 3 is 2.59 bits per heavy atom. The van der Waals surface area contributed by atoms with E-state index in [1.54, 1.807) is 0 Å². The number of H-pyrrole nitrogens is 1. The summed E-state index contributed by atoms with van der Waals surface area (Å²) in [6.07, 6.45) is 1.55. The number of benzene rings is 1. The molecule has 3 rings (SSSR count).